The first-order valence-electron chi connectivity index (χ1n) is 29.9. The number of carboxylic acid groups (broad SMARTS) is 1. The number of aliphatic hydroxyl groups is 1. The van der Waals surface area contributed by atoms with E-state index in [-0.39, 0.29) is 55.8 Å². The van der Waals surface area contributed by atoms with Crippen molar-refractivity contribution in [3.63, 3.8) is 0 Å². The van der Waals surface area contributed by atoms with Gasteiger partial charge in [0.25, 0.3) is 0 Å². The zero-order chi connectivity index (χ0) is 65.0. The molecule has 1 saturated carbocycles. The molecule has 2 aromatic rings. The van der Waals surface area contributed by atoms with Crippen LogP contribution in [0.25, 0.3) is 6.08 Å². The molecular weight excluding hydrogens is 1140 g/mol. The van der Waals surface area contributed by atoms with Gasteiger partial charge in [-0.2, -0.15) is 0 Å². The fourth-order valence-corrected chi connectivity index (χ4v) is 10.4. The predicted octanol–water partition coefficient (Wildman–Crippen LogP) is -0.896. The molecule has 88 heavy (non-hydrogen) atoms. The number of hydrogen-bond acceptors (Lipinski definition) is 14. The molecular formula is C60H90N14O14. The molecule has 19 N–H and O–H groups in total. The summed E-state index contributed by atoms with van der Waals surface area (Å²) >= 11 is 0. The Labute approximate surface area is 512 Å². The van der Waals surface area contributed by atoms with Crippen molar-refractivity contribution in [1.82, 2.24) is 52.8 Å². The van der Waals surface area contributed by atoms with Crippen LogP contribution in [0, 0.1) is 17.8 Å². The van der Waals surface area contributed by atoms with E-state index in [2.05, 4.69) is 57.8 Å². The second-order valence-electron chi connectivity index (χ2n) is 22.8. The van der Waals surface area contributed by atoms with E-state index in [0.29, 0.717) is 24.9 Å². The number of nitrogens with one attached hydrogen (secondary N) is 10. The Kier molecular flexibility index (Phi) is 29.6. The lowest BCUT2D eigenvalue weighted by Crippen LogP contribution is -2.61. The molecule has 2 aliphatic rings. The molecule has 1 fully saturated rings. The number of aromatic hydroxyl groups is 1. The van der Waals surface area contributed by atoms with Crippen LogP contribution in [0.3, 0.4) is 0 Å². The molecule has 0 aliphatic heterocycles. The molecule has 28 heteroatoms. The number of allylic oxidation sites excluding steroid dienone is 1. The van der Waals surface area contributed by atoms with E-state index >= 15 is 0 Å². The Morgan fingerprint density at radius 2 is 1.33 bits per heavy atom. The number of guanidine groups is 1. The Morgan fingerprint density at radius 1 is 0.716 bits per heavy atom. The summed E-state index contributed by atoms with van der Waals surface area (Å²) in [4.78, 5) is 154. The molecule has 28 nitrogen and oxygen atoms in total. The summed E-state index contributed by atoms with van der Waals surface area (Å²) in [7, 11) is 1.51. The first-order chi connectivity index (χ1) is 41.7. The second-order valence-corrected chi connectivity index (χ2v) is 22.8. The van der Waals surface area contributed by atoms with Gasteiger partial charge in [-0.3, -0.25) is 57.7 Å². The van der Waals surface area contributed by atoms with E-state index in [4.69, 9.17) is 17.2 Å². The van der Waals surface area contributed by atoms with Crippen LogP contribution in [0.15, 0.2) is 53.7 Å². The van der Waals surface area contributed by atoms with E-state index in [1.807, 2.05) is 26.0 Å². The number of aliphatic carboxylic acids is 1. The summed E-state index contributed by atoms with van der Waals surface area (Å²) in [5.41, 5.74) is 20.4. The van der Waals surface area contributed by atoms with Gasteiger partial charge in [0, 0.05) is 58.2 Å². The first kappa shape index (κ1) is 71.7. The topological polar surface area (TPSA) is 463 Å². The molecule has 2 aliphatic carbocycles. The number of carbonyl (C=O) groups is 11. The summed E-state index contributed by atoms with van der Waals surface area (Å²) in [5, 5.41) is 53.6. The van der Waals surface area contributed by atoms with Crippen LogP contribution in [-0.4, -0.2) is 160 Å². The Balaban J connectivity index is 1.50. The molecule has 0 spiro atoms. The highest BCUT2D eigenvalue weighted by atomic mass is 16.4. The van der Waals surface area contributed by atoms with Gasteiger partial charge in [-0.05, 0) is 98.6 Å². The molecule has 0 unspecified atom stereocenters. The number of carbonyl (C=O) groups excluding carboxylic acids is 10. The van der Waals surface area contributed by atoms with Gasteiger partial charge in [0.15, 0.2) is 5.96 Å². The van der Waals surface area contributed by atoms with Gasteiger partial charge in [0.2, 0.25) is 59.1 Å². The van der Waals surface area contributed by atoms with Crippen LogP contribution in [0.2, 0.25) is 0 Å². The molecule has 9 atom stereocenters. The SMILES string of the molecule is CN=C(N)NCCC[C@H](NC(=O)[C@@H](/C=C/CNC(=O)[C@H](CC1CCCCC1)NC(=O)[C@@H](NC(=O)[C@H](CC(N)=O)NC(=O)[C@H](CCC(=O)O)NC(=O)[C@@H](Cc1ccc(O)cc1)NC(C)=O)[C@@H](C)O)CC(C)C)C(=O)N[C@@H](Cc1c[nH]c2c1CCC=C2)C(N)=O. The number of nitrogens with zero attached hydrogens (tertiary/aromatic N) is 1. The number of aromatic amines is 1. The minimum atomic E-state index is -1.86. The first-order valence-corrected chi connectivity index (χ1v) is 29.9. The monoisotopic (exact) mass is 1230 g/mol. The van der Waals surface area contributed by atoms with E-state index in [1.165, 1.54) is 38.2 Å². The number of phenolic OH excluding ortho intramolecular Hbond substituents is 1. The van der Waals surface area contributed by atoms with Gasteiger partial charge in [0.1, 0.15) is 48.0 Å². The summed E-state index contributed by atoms with van der Waals surface area (Å²) in [6, 6.07) is -4.36. The Hall–Kier alpha value is -8.82. The number of benzene rings is 1. The Bertz CT molecular complexity index is 2830. The smallest absolute Gasteiger partial charge is 0.303 e. The standard InChI is InChI=1S/C60H90N14O14/c1-33(2)27-38(53(82)69-43(18-12-26-66-60(63)64-5)55(84)71-45(52(62)81)30-39-32-67-42-17-10-9-16-41(39)42)15-11-25-65-54(83)46(28-36-13-7-6-8-14-36)73-59(88)51(34(3)75)74-58(87)48(31-49(61)78)72-56(85)44(23-24-50(79)80)70-57(86)47(68-35(4)76)29-37-19-21-40(77)22-20-37/h10-11,15,17,19-22,32-34,36,38,43-48,51,67,75,77H,6-9,12-14,16,18,23-31H2,1-5H3,(H2,61,78)(H2,62,81)(H,65,83)(H,68,76)(H,69,82)(H,70,86)(H,71,84)(H,72,85)(H,73,88)(H,74,87)(H,79,80)(H3,63,64,66)/b15-11+/t34-,38+,43+,44+,45+,46+,47-,48+,51+/m1/s1. The number of fused-ring (bicyclic) bond motifs is 1. The number of amides is 10. The number of aliphatic imine (C=N–C) groups is 1. The number of phenols is 1. The summed E-state index contributed by atoms with van der Waals surface area (Å²) in [6.07, 6.45) is 12.1. The van der Waals surface area contributed by atoms with E-state index in [1.54, 1.807) is 18.3 Å². The van der Waals surface area contributed by atoms with E-state index < -0.39 is 139 Å². The lowest BCUT2D eigenvalue weighted by atomic mass is 9.84. The molecule has 4 rings (SSSR count). The molecule has 0 saturated heterocycles. The number of primary amides is 2. The number of aromatic nitrogens is 1. The van der Waals surface area contributed by atoms with Crippen LogP contribution in [0.5, 0.6) is 5.75 Å². The molecule has 1 aromatic heterocycles. The number of nitrogens with two attached hydrogens (primary N) is 3. The maximum absolute atomic E-state index is 14.2. The predicted molar refractivity (Wildman–Crippen MR) is 325 cm³/mol. The highest BCUT2D eigenvalue weighted by Crippen LogP contribution is 2.28. The third-order valence-electron chi connectivity index (χ3n) is 15.1. The normalized spacial score (nSPS) is 16.4. The van der Waals surface area contributed by atoms with Crippen molar-refractivity contribution < 1.29 is 68.1 Å². The Morgan fingerprint density at radius 3 is 1.94 bits per heavy atom. The minimum absolute atomic E-state index is 0.00205. The summed E-state index contributed by atoms with van der Waals surface area (Å²) in [5.74, 6) is -10.6. The van der Waals surface area contributed by atoms with Crippen molar-refractivity contribution in [2.75, 3.05) is 20.1 Å². The third kappa shape index (κ3) is 24.9. The molecule has 10 amide bonds. The number of H-pyrrole nitrogens is 1. The van der Waals surface area contributed by atoms with Gasteiger partial charge in [-0.25, -0.2) is 0 Å². The van der Waals surface area contributed by atoms with Gasteiger partial charge in [-0.15, -0.1) is 0 Å². The van der Waals surface area contributed by atoms with Crippen LogP contribution in [0.1, 0.15) is 134 Å². The highest BCUT2D eigenvalue weighted by molar-refractivity contribution is 5.98. The molecule has 484 valence electrons. The van der Waals surface area contributed by atoms with Crippen molar-refractivity contribution in [3.8, 4) is 5.75 Å². The van der Waals surface area contributed by atoms with Gasteiger partial charge in [0.05, 0.1) is 18.4 Å². The average Bonchev–Trinajstić information content (AvgIpc) is 2.32. The van der Waals surface area contributed by atoms with Gasteiger partial charge >= 0.3 is 5.97 Å². The maximum atomic E-state index is 14.2. The lowest BCUT2D eigenvalue weighted by molar-refractivity contribution is -0.139. The molecule has 0 radical (unpaired) electrons. The summed E-state index contributed by atoms with van der Waals surface area (Å²) in [6.45, 7) is 6.33. The number of aliphatic hydroxyl groups excluding tert-OH is 1. The van der Waals surface area contributed by atoms with Gasteiger partial charge < -0.3 is 85.4 Å². The number of rotatable bonds is 36. The van der Waals surface area contributed by atoms with Crippen LogP contribution >= 0.6 is 0 Å². The third-order valence-corrected chi connectivity index (χ3v) is 15.1. The minimum Gasteiger partial charge on any atom is -0.508 e. The second kappa shape index (κ2) is 36.4. The highest BCUT2D eigenvalue weighted by Gasteiger charge is 2.36. The fourth-order valence-electron chi connectivity index (χ4n) is 10.4. The van der Waals surface area contributed by atoms with Crippen molar-refractivity contribution in [1.29, 1.82) is 0 Å². The summed E-state index contributed by atoms with van der Waals surface area (Å²) < 4.78 is 0. The van der Waals surface area contributed by atoms with Crippen molar-refractivity contribution in [3.05, 3.63) is 71.1 Å². The molecule has 1 aromatic carbocycles. The number of hydrogen-bond donors (Lipinski definition) is 16. The van der Waals surface area contributed by atoms with Crippen LogP contribution in [-0.2, 0) is 72.0 Å². The van der Waals surface area contributed by atoms with E-state index in [9.17, 15) is 68.1 Å². The zero-order valence-electron chi connectivity index (χ0n) is 50.8. The van der Waals surface area contributed by atoms with Crippen molar-refractivity contribution >= 4 is 77.1 Å². The zero-order valence-corrected chi connectivity index (χ0v) is 50.8. The van der Waals surface area contributed by atoms with Crippen LogP contribution < -0.4 is 65.1 Å². The lowest BCUT2D eigenvalue weighted by Gasteiger charge is -2.29. The van der Waals surface area contributed by atoms with Crippen molar-refractivity contribution in [2.24, 2.45) is 39.9 Å². The van der Waals surface area contributed by atoms with Gasteiger partial charge in [-0.1, -0.05) is 76.3 Å². The van der Waals surface area contributed by atoms with Crippen molar-refractivity contribution in [2.45, 2.75) is 179 Å². The largest absolute Gasteiger partial charge is 0.508 e. The molecule has 0 bridgehead atoms. The average molecular weight is 1230 g/mol. The van der Waals surface area contributed by atoms with E-state index in [0.717, 1.165) is 68.7 Å². The molecule has 1 heterocycles. The number of carboxylic acids is 1. The van der Waals surface area contributed by atoms with Crippen LogP contribution in [0.4, 0.5) is 0 Å². The maximum Gasteiger partial charge on any atom is 0.303 e. The fraction of sp³-hybridized carbons (Fsp3) is 0.567. The quantitative estimate of drug-likeness (QED) is 0.0170.